The van der Waals surface area contributed by atoms with Gasteiger partial charge in [-0.3, -0.25) is 0 Å². The van der Waals surface area contributed by atoms with Crippen molar-refractivity contribution in [2.24, 2.45) is 0 Å². The van der Waals surface area contributed by atoms with Crippen LogP contribution in [0.2, 0.25) is 0 Å². The Morgan fingerprint density at radius 1 is 0.500 bits per heavy atom. The van der Waals surface area contributed by atoms with E-state index in [1.54, 1.807) is 0 Å². The van der Waals surface area contributed by atoms with Crippen LogP contribution < -0.4 is 0 Å². The van der Waals surface area contributed by atoms with Crippen LogP contribution in [0.1, 0.15) is 75.0 Å². The van der Waals surface area contributed by atoms with Crippen molar-refractivity contribution in [2.75, 3.05) is 6.54 Å². The van der Waals surface area contributed by atoms with E-state index in [0.29, 0.717) is 0 Å². The highest BCUT2D eigenvalue weighted by Gasteiger charge is 2.28. The third kappa shape index (κ3) is 9.69. The van der Waals surface area contributed by atoms with Crippen molar-refractivity contribution in [3.63, 3.8) is 0 Å². The molecule has 0 aromatic heterocycles. The molecule has 1 heteroatoms. The van der Waals surface area contributed by atoms with Crippen LogP contribution in [0.4, 0.5) is 0 Å². The van der Waals surface area contributed by atoms with Crippen LogP contribution in [-0.2, 0) is 19.6 Å². The summed E-state index contributed by atoms with van der Waals surface area (Å²) in [4.78, 5) is 0. The fourth-order valence-electron chi connectivity index (χ4n) is 4.96. The molecule has 0 aliphatic rings. The molecule has 0 aliphatic heterocycles. The van der Waals surface area contributed by atoms with Gasteiger partial charge in [0.1, 0.15) is 19.6 Å². The van der Waals surface area contributed by atoms with E-state index in [2.05, 4.69) is 110 Å². The van der Waals surface area contributed by atoms with Crippen molar-refractivity contribution in [3.8, 4) is 0 Å². The molecule has 180 valence electrons. The Balaban J connectivity index is 1.69. The lowest BCUT2D eigenvalue weighted by Gasteiger charge is -2.39. The number of unbranched alkanes of at least 4 members (excludes halogenated alkanes) is 6. The maximum Gasteiger partial charge on any atom is 0.105 e. The number of nitrogens with zero attached hydrogens (tertiary/aromatic N) is 1. The van der Waals surface area contributed by atoms with Crippen molar-refractivity contribution in [2.45, 2.75) is 77.9 Å². The zero-order valence-corrected chi connectivity index (χ0v) is 21.2. The summed E-state index contributed by atoms with van der Waals surface area (Å²) in [5.41, 5.74) is 4.28. The summed E-state index contributed by atoms with van der Waals surface area (Å²) in [5.74, 6) is 0. The molecule has 0 heterocycles. The SMILES string of the molecule is CCCCCCC/C=C/CCC[N+](Cc1ccccc1)(Cc1ccccc1)Cc1ccccc1. The third-order valence-corrected chi connectivity index (χ3v) is 6.73. The van der Waals surface area contributed by atoms with Crippen LogP contribution in [0.25, 0.3) is 0 Å². The molecule has 0 atom stereocenters. The minimum atomic E-state index is 1.06. The van der Waals surface area contributed by atoms with Gasteiger partial charge in [-0.2, -0.15) is 0 Å². The fourth-order valence-corrected chi connectivity index (χ4v) is 4.96. The smallest absolute Gasteiger partial charge is 0.105 e. The lowest BCUT2D eigenvalue weighted by Crippen LogP contribution is -2.46. The van der Waals surface area contributed by atoms with E-state index in [4.69, 9.17) is 0 Å². The second-order valence-corrected chi connectivity index (χ2v) is 9.81. The van der Waals surface area contributed by atoms with Gasteiger partial charge in [0.05, 0.1) is 6.54 Å². The zero-order valence-electron chi connectivity index (χ0n) is 21.2. The molecule has 0 spiro atoms. The van der Waals surface area contributed by atoms with Gasteiger partial charge in [-0.05, 0) is 19.3 Å². The van der Waals surface area contributed by atoms with E-state index in [1.165, 1.54) is 74.6 Å². The van der Waals surface area contributed by atoms with E-state index < -0.39 is 0 Å². The molecule has 0 fully saturated rings. The Labute approximate surface area is 208 Å². The average molecular weight is 455 g/mol. The molecule has 34 heavy (non-hydrogen) atoms. The molecular formula is C33H44N+. The topological polar surface area (TPSA) is 0 Å². The summed E-state index contributed by atoms with van der Waals surface area (Å²) in [6.07, 6.45) is 15.3. The molecule has 3 rings (SSSR count). The summed E-state index contributed by atoms with van der Waals surface area (Å²) in [6.45, 7) is 6.65. The van der Waals surface area contributed by atoms with E-state index in [1.807, 2.05) is 0 Å². The number of benzene rings is 3. The highest BCUT2D eigenvalue weighted by atomic mass is 15.3. The van der Waals surface area contributed by atoms with Crippen molar-refractivity contribution >= 4 is 0 Å². The van der Waals surface area contributed by atoms with Gasteiger partial charge in [0.15, 0.2) is 0 Å². The van der Waals surface area contributed by atoms with Crippen LogP contribution in [-0.4, -0.2) is 11.0 Å². The summed E-state index contributed by atoms with van der Waals surface area (Å²) >= 11 is 0. The van der Waals surface area contributed by atoms with Crippen molar-refractivity contribution in [3.05, 3.63) is 120 Å². The standard InChI is InChI=1S/C33H44N/c1-2-3-4-5-6-7-8-9-10-20-27-34(28-31-21-14-11-15-22-31,29-32-23-16-12-17-24-32)30-33-25-18-13-19-26-33/h8-9,11-19,21-26H,2-7,10,20,27-30H2,1H3/q+1/b9-8+. The zero-order chi connectivity index (χ0) is 23.7. The quantitative estimate of drug-likeness (QED) is 0.115. The fraction of sp³-hybridized carbons (Fsp3) is 0.394. The molecule has 0 saturated carbocycles. The maximum absolute atomic E-state index is 2.43. The average Bonchev–Trinajstić information content (AvgIpc) is 2.87. The first-order valence-electron chi connectivity index (χ1n) is 13.4. The Bertz CT molecular complexity index is 813. The van der Waals surface area contributed by atoms with Gasteiger partial charge in [-0.15, -0.1) is 0 Å². The minimum absolute atomic E-state index is 1.06. The van der Waals surface area contributed by atoms with Crippen LogP contribution >= 0.6 is 0 Å². The van der Waals surface area contributed by atoms with Crippen molar-refractivity contribution in [1.29, 1.82) is 0 Å². The molecule has 1 nitrogen and oxygen atoms in total. The molecule has 0 unspecified atom stereocenters. The first-order valence-corrected chi connectivity index (χ1v) is 13.4. The van der Waals surface area contributed by atoms with E-state index in [9.17, 15) is 0 Å². The molecule has 0 saturated heterocycles. The Morgan fingerprint density at radius 2 is 0.912 bits per heavy atom. The number of rotatable bonds is 16. The van der Waals surface area contributed by atoms with E-state index in [0.717, 1.165) is 24.1 Å². The predicted molar refractivity (Wildman–Crippen MR) is 147 cm³/mol. The summed E-state index contributed by atoms with van der Waals surface area (Å²) in [7, 11) is 0. The molecular weight excluding hydrogens is 410 g/mol. The summed E-state index contributed by atoms with van der Waals surface area (Å²) in [6, 6.07) is 33.2. The number of quaternary nitrogens is 1. The maximum atomic E-state index is 2.43. The number of hydrogen-bond donors (Lipinski definition) is 0. The Morgan fingerprint density at radius 3 is 1.35 bits per heavy atom. The van der Waals surface area contributed by atoms with Crippen LogP contribution in [0.3, 0.4) is 0 Å². The van der Waals surface area contributed by atoms with Crippen LogP contribution in [0, 0.1) is 0 Å². The summed E-state index contributed by atoms with van der Waals surface area (Å²) in [5, 5.41) is 0. The van der Waals surface area contributed by atoms with Gasteiger partial charge >= 0.3 is 0 Å². The monoisotopic (exact) mass is 454 g/mol. The highest BCUT2D eigenvalue weighted by Crippen LogP contribution is 2.25. The van der Waals surface area contributed by atoms with Crippen molar-refractivity contribution < 1.29 is 4.48 Å². The first-order chi connectivity index (χ1) is 16.8. The van der Waals surface area contributed by atoms with Gasteiger partial charge in [0.2, 0.25) is 0 Å². The largest absolute Gasteiger partial charge is 0.312 e. The van der Waals surface area contributed by atoms with Crippen molar-refractivity contribution in [1.82, 2.24) is 0 Å². The first kappa shape index (κ1) is 26.0. The second kappa shape index (κ2) is 15.3. The molecule has 3 aromatic carbocycles. The Kier molecular flexibility index (Phi) is 11.7. The van der Waals surface area contributed by atoms with Crippen LogP contribution in [0.5, 0.6) is 0 Å². The van der Waals surface area contributed by atoms with E-state index in [-0.39, 0.29) is 0 Å². The lowest BCUT2D eigenvalue weighted by atomic mass is 10.1. The number of hydrogen-bond acceptors (Lipinski definition) is 0. The van der Waals surface area contributed by atoms with Crippen LogP contribution in [0.15, 0.2) is 103 Å². The van der Waals surface area contributed by atoms with Gasteiger partial charge in [0.25, 0.3) is 0 Å². The van der Waals surface area contributed by atoms with Gasteiger partial charge < -0.3 is 4.48 Å². The highest BCUT2D eigenvalue weighted by molar-refractivity contribution is 5.17. The predicted octanol–water partition coefficient (Wildman–Crippen LogP) is 9.10. The minimum Gasteiger partial charge on any atom is -0.312 e. The van der Waals surface area contributed by atoms with Gasteiger partial charge in [-0.1, -0.05) is 136 Å². The lowest BCUT2D eigenvalue weighted by molar-refractivity contribution is -0.966. The normalized spacial score (nSPS) is 11.8. The molecule has 0 bridgehead atoms. The molecule has 3 aromatic rings. The number of allylic oxidation sites excluding steroid dienone is 2. The molecule has 0 N–H and O–H groups in total. The molecule has 0 radical (unpaired) electrons. The van der Waals surface area contributed by atoms with Gasteiger partial charge in [0, 0.05) is 23.1 Å². The second-order valence-electron chi connectivity index (χ2n) is 9.81. The third-order valence-electron chi connectivity index (χ3n) is 6.73. The van der Waals surface area contributed by atoms with Gasteiger partial charge in [-0.25, -0.2) is 0 Å². The Hall–Kier alpha value is -2.64. The summed E-state index contributed by atoms with van der Waals surface area (Å²) < 4.78 is 1.06. The van der Waals surface area contributed by atoms with E-state index >= 15 is 0 Å². The molecule has 0 aliphatic carbocycles. The molecule has 0 amide bonds.